The summed E-state index contributed by atoms with van der Waals surface area (Å²) >= 11 is 3.98. The van der Waals surface area contributed by atoms with Crippen molar-refractivity contribution in [2.45, 2.75) is 23.9 Å². The molecule has 0 unspecified atom stereocenters. The van der Waals surface area contributed by atoms with Crippen molar-refractivity contribution in [3.63, 3.8) is 0 Å². The topological polar surface area (TPSA) is 0 Å². The van der Waals surface area contributed by atoms with Gasteiger partial charge >= 0.3 is 24.6 Å². The second kappa shape index (κ2) is 6.57. The molecule has 0 amide bonds. The van der Waals surface area contributed by atoms with Crippen LogP contribution in [0.1, 0.15) is 0 Å². The molecule has 0 aromatic heterocycles. The summed E-state index contributed by atoms with van der Waals surface area (Å²) in [6, 6.07) is 0. The minimum atomic E-state index is -5.56. The van der Waals surface area contributed by atoms with E-state index in [1.54, 1.807) is 0 Å². The molecule has 0 nitrogen and oxygen atoms in total. The molecule has 0 N–H and O–H groups in total. The monoisotopic (exact) mass is 336 g/mol. The van der Waals surface area contributed by atoms with E-state index >= 15 is 0 Å². The number of allylic oxidation sites excluding steroid dienone is 1. The van der Waals surface area contributed by atoms with E-state index in [9.17, 15) is 52.7 Å². The first-order chi connectivity index (χ1) is 8.01. The first kappa shape index (κ1) is 20.5. The lowest BCUT2D eigenvalue weighted by Gasteiger charge is -2.15. The van der Waals surface area contributed by atoms with E-state index in [0.29, 0.717) is 0 Å². The Morgan fingerprint density at radius 3 is 0.947 bits per heavy atom. The fourth-order valence-electron chi connectivity index (χ4n) is 0.293. The fraction of sp³-hybridized carbons (Fsp3) is 0.667. The molecule has 0 aliphatic rings. The Morgan fingerprint density at radius 2 is 0.947 bits per heavy atom. The average molecular weight is 337 g/mol. The maximum absolute atomic E-state index is 11.1. The third kappa shape index (κ3) is 8.83. The van der Waals surface area contributed by atoms with Crippen LogP contribution in [0.2, 0.25) is 0 Å². The maximum Gasteiger partial charge on any atom is 0.448 e. The van der Waals surface area contributed by atoms with Gasteiger partial charge in [-0.05, 0) is 0 Å². The number of hydrogen-bond acceptors (Lipinski definition) is 0. The molecule has 0 aliphatic heterocycles. The normalized spacial score (nSPS) is 12.9. The van der Waals surface area contributed by atoms with E-state index in [-0.39, 0.29) is 0 Å². The second-order valence-corrected chi connectivity index (χ2v) is 2.95. The Bertz CT molecular complexity index is 288. The van der Waals surface area contributed by atoms with Gasteiger partial charge in [-0.3, -0.25) is 0 Å². The van der Waals surface area contributed by atoms with Crippen LogP contribution in [0.4, 0.5) is 52.7 Å². The summed E-state index contributed by atoms with van der Waals surface area (Å²) in [5.41, 5.74) is 0. The van der Waals surface area contributed by atoms with Crippen LogP contribution in [0.3, 0.4) is 0 Å². The summed E-state index contributed by atoms with van der Waals surface area (Å²) in [6.45, 7) is 0. The van der Waals surface area contributed by atoms with E-state index in [0.717, 1.165) is 0 Å². The molecule has 0 aromatic carbocycles. The second-order valence-electron chi connectivity index (χ2n) is 2.52. The van der Waals surface area contributed by atoms with Crippen molar-refractivity contribution in [3.8, 4) is 0 Å². The highest BCUT2D eigenvalue weighted by Gasteiger charge is 2.55. The van der Waals surface area contributed by atoms with Crippen LogP contribution < -0.4 is 0 Å². The largest absolute Gasteiger partial charge is 0.448 e. The average Bonchev–Trinajstić information content (AvgIpc) is 2.12. The van der Waals surface area contributed by atoms with Crippen molar-refractivity contribution in [2.75, 3.05) is 0 Å². The summed E-state index contributed by atoms with van der Waals surface area (Å²) in [5, 5.41) is -3.76. The molecule has 0 aromatic rings. The van der Waals surface area contributed by atoms with E-state index < -0.39 is 35.8 Å². The zero-order valence-corrected chi connectivity index (χ0v) is 8.75. The standard InChI is InChI=1S/C3HClF6.C3F6/c4-1(2(5,6)7)3(8,9)10;4-1(2(5)6)3(7,8)9/h1H;. The first-order valence-corrected chi connectivity index (χ1v) is 4.00. The van der Waals surface area contributed by atoms with Crippen LogP contribution >= 0.6 is 11.6 Å². The highest BCUT2D eigenvalue weighted by Crippen LogP contribution is 2.37. The van der Waals surface area contributed by atoms with E-state index in [2.05, 4.69) is 11.6 Å². The SMILES string of the molecule is FC(F)(F)C(Cl)C(F)(F)F.FC(F)=C(F)C(F)(F)F. The summed E-state index contributed by atoms with van der Waals surface area (Å²) in [7, 11) is 0. The zero-order chi connectivity index (χ0) is 16.2. The molecule has 0 aliphatic carbocycles. The molecule has 19 heavy (non-hydrogen) atoms. The van der Waals surface area contributed by atoms with E-state index in [1.807, 2.05) is 0 Å². The summed E-state index contributed by atoms with van der Waals surface area (Å²) in [4.78, 5) is 0. The lowest BCUT2D eigenvalue weighted by molar-refractivity contribution is -0.226. The third-order valence-corrected chi connectivity index (χ3v) is 1.48. The molecular weight excluding hydrogens is 335 g/mol. The quantitative estimate of drug-likeness (QED) is 0.413. The van der Waals surface area contributed by atoms with Gasteiger partial charge in [0.1, 0.15) is 0 Å². The highest BCUT2D eigenvalue weighted by molar-refractivity contribution is 6.21. The zero-order valence-electron chi connectivity index (χ0n) is 7.99. The molecule has 0 heterocycles. The predicted molar refractivity (Wildman–Crippen MR) is 38.2 cm³/mol. The molecule has 0 saturated heterocycles. The van der Waals surface area contributed by atoms with Gasteiger partial charge in [0, 0.05) is 0 Å². The van der Waals surface area contributed by atoms with Gasteiger partial charge in [0.15, 0.2) is 0 Å². The molecule has 0 fully saturated rings. The van der Waals surface area contributed by atoms with Crippen LogP contribution in [0.5, 0.6) is 0 Å². The van der Waals surface area contributed by atoms with Crippen LogP contribution in [0.15, 0.2) is 11.9 Å². The van der Waals surface area contributed by atoms with Gasteiger partial charge in [-0.1, -0.05) is 0 Å². The van der Waals surface area contributed by atoms with E-state index in [4.69, 9.17) is 0 Å². The minimum Gasteiger partial charge on any atom is -0.196 e. The van der Waals surface area contributed by atoms with Gasteiger partial charge in [-0.2, -0.15) is 52.7 Å². The van der Waals surface area contributed by atoms with E-state index in [1.165, 1.54) is 0 Å². The van der Waals surface area contributed by atoms with Crippen molar-refractivity contribution in [1.82, 2.24) is 0 Å². The smallest absolute Gasteiger partial charge is 0.196 e. The Morgan fingerprint density at radius 1 is 0.684 bits per heavy atom. The van der Waals surface area contributed by atoms with Crippen molar-refractivity contribution in [2.24, 2.45) is 0 Å². The summed E-state index contributed by atoms with van der Waals surface area (Å²) < 4.78 is 131. The Hall–Kier alpha value is -0.810. The Kier molecular flexibility index (Phi) is 7.09. The number of hydrogen-bond donors (Lipinski definition) is 0. The molecular formula is C6HClF12. The summed E-state index contributed by atoms with van der Waals surface area (Å²) in [6.07, 6.45) is -19.7. The molecule has 0 rings (SSSR count). The predicted octanol–water partition coefficient (Wildman–Crippen LogP) is 5.34. The molecule has 0 atom stereocenters. The molecule has 0 saturated carbocycles. The molecule has 0 radical (unpaired) electrons. The number of halogens is 13. The summed E-state index contributed by atoms with van der Waals surface area (Å²) in [5.74, 6) is -3.33. The van der Waals surface area contributed by atoms with Gasteiger partial charge < -0.3 is 0 Å². The first-order valence-electron chi connectivity index (χ1n) is 3.56. The Labute approximate surface area is 101 Å². The van der Waals surface area contributed by atoms with Gasteiger partial charge in [0.05, 0.1) is 0 Å². The Balaban J connectivity index is 0. The van der Waals surface area contributed by atoms with Crippen molar-refractivity contribution < 1.29 is 52.7 Å². The molecule has 0 spiro atoms. The van der Waals surface area contributed by atoms with Crippen LogP contribution in [0, 0.1) is 0 Å². The number of alkyl halides is 10. The van der Waals surface area contributed by atoms with Crippen molar-refractivity contribution in [1.29, 1.82) is 0 Å². The van der Waals surface area contributed by atoms with Crippen LogP contribution in [0.25, 0.3) is 0 Å². The molecule has 0 bridgehead atoms. The molecule has 13 heteroatoms. The van der Waals surface area contributed by atoms with Gasteiger partial charge in [-0.25, -0.2) is 0 Å². The van der Waals surface area contributed by atoms with Crippen molar-refractivity contribution >= 4 is 11.6 Å². The third-order valence-electron chi connectivity index (χ3n) is 0.990. The lowest BCUT2D eigenvalue weighted by atomic mass is 10.4. The van der Waals surface area contributed by atoms with Gasteiger partial charge in [-0.15, -0.1) is 11.6 Å². The maximum atomic E-state index is 11.1. The number of rotatable bonds is 0. The van der Waals surface area contributed by atoms with Gasteiger partial charge in [0.2, 0.25) is 5.38 Å². The lowest BCUT2D eigenvalue weighted by Crippen LogP contribution is -2.37. The van der Waals surface area contributed by atoms with Gasteiger partial charge in [0.25, 0.3) is 5.83 Å². The van der Waals surface area contributed by atoms with Crippen molar-refractivity contribution in [3.05, 3.63) is 11.9 Å². The van der Waals surface area contributed by atoms with Crippen LogP contribution in [-0.4, -0.2) is 23.9 Å². The minimum absolute atomic E-state index is 3.33. The highest BCUT2D eigenvalue weighted by atomic mass is 35.5. The van der Waals surface area contributed by atoms with Crippen LogP contribution in [-0.2, 0) is 0 Å². The molecule has 116 valence electrons. The fourth-order valence-corrected chi connectivity index (χ4v) is 0.293.